The Hall–Kier alpha value is -2.22. The second kappa shape index (κ2) is 5.28. The summed E-state index contributed by atoms with van der Waals surface area (Å²) in [5, 5.41) is 9.65. The molecule has 3 rings (SSSR count). The molecule has 0 spiro atoms. The topological polar surface area (TPSA) is 97.0 Å². The molecule has 1 aliphatic carbocycles. The first-order valence-electron chi connectivity index (χ1n) is 6.53. The highest BCUT2D eigenvalue weighted by Gasteiger charge is 2.28. The van der Waals surface area contributed by atoms with Crippen LogP contribution in [0.4, 0.5) is 5.00 Å². The van der Waals surface area contributed by atoms with Crippen molar-refractivity contribution in [1.82, 2.24) is 15.2 Å². The second-order valence-corrected chi connectivity index (χ2v) is 5.86. The molecule has 0 aliphatic heterocycles. The van der Waals surface area contributed by atoms with Gasteiger partial charge in [0.1, 0.15) is 10.8 Å². The van der Waals surface area contributed by atoms with Crippen LogP contribution in [0, 0.1) is 6.92 Å². The summed E-state index contributed by atoms with van der Waals surface area (Å²) in [4.78, 5) is 29.2. The van der Waals surface area contributed by atoms with Gasteiger partial charge in [0.05, 0.1) is 12.7 Å². The van der Waals surface area contributed by atoms with Crippen LogP contribution in [0.3, 0.4) is 0 Å². The van der Waals surface area contributed by atoms with E-state index < -0.39 is 11.9 Å². The highest BCUT2D eigenvalue weighted by atomic mass is 32.1. The summed E-state index contributed by atoms with van der Waals surface area (Å²) in [5.41, 5.74) is 1.46. The first-order valence-corrected chi connectivity index (χ1v) is 7.35. The normalized spacial score (nSPS) is 13.0. The molecule has 2 N–H and O–H groups in total. The highest BCUT2D eigenvalue weighted by Crippen LogP contribution is 2.39. The predicted molar refractivity (Wildman–Crippen MR) is 76.8 cm³/mol. The largest absolute Gasteiger partial charge is 0.465 e. The Kier molecular flexibility index (Phi) is 3.46. The quantitative estimate of drug-likeness (QED) is 0.841. The Morgan fingerprint density at radius 2 is 2.19 bits per heavy atom. The van der Waals surface area contributed by atoms with Gasteiger partial charge in [-0.1, -0.05) is 0 Å². The minimum absolute atomic E-state index is 0.0527. The number of methoxy groups -OCH3 is 1. The number of nitrogens with zero attached hydrogens (tertiary/aromatic N) is 2. The van der Waals surface area contributed by atoms with Crippen LogP contribution in [0.2, 0.25) is 0 Å². The molecule has 1 aliphatic rings. The number of rotatable bonds is 3. The molecular weight excluding hydrogens is 292 g/mol. The third kappa shape index (κ3) is 2.42. The van der Waals surface area contributed by atoms with E-state index in [2.05, 4.69) is 20.5 Å². The number of nitrogens with one attached hydrogen (secondary N) is 2. The van der Waals surface area contributed by atoms with Gasteiger partial charge >= 0.3 is 5.97 Å². The van der Waals surface area contributed by atoms with Crippen molar-refractivity contribution in [3.05, 3.63) is 27.7 Å². The van der Waals surface area contributed by atoms with Crippen LogP contribution in [-0.2, 0) is 17.6 Å². The summed E-state index contributed by atoms with van der Waals surface area (Å²) in [5.74, 6) is -0.251. The van der Waals surface area contributed by atoms with Crippen LogP contribution in [0.25, 0.3) is 0 Å². The zero-order valence-corrected chi connectivity index (χ0v) is 12.5. The fourth-order valence-electron chi connectivity index (χ4n) is 2.41. The summed E-state index contributed by atoms with van der Waals surface area (Å²) < 4.78 is 4.83. The van der Waals surface area contributed by atoms with E-state index in [0.29, 0.717) is 16.4 Å². The smallest absolute Gasteiger partial charge is 0.341 e. The van der Waals surface area contributed by atoms with Gasteiger partial charge < -0.3 is 10.1 Å². The number of thiophene rings is 1. The number of amides is 1. The van der Waals surface area contributed by atoms with E-state index >= 15 is 0 Å². The Balaban J connectivity index is 1.92. The fourth-order valence-corrected chi connectivity index (χ4v) is 3.69. The van der Waals surface area contributed by atoms with E-state index in [4.69, 9.17) is 4.74 Å². The number of hydrogen-bond acceptors (Lipinski definition) is 6. The molecule has 0 fully saturated rings. The summed E-state index contributed by atoms with van der Waals surface area (Å²) in [6, 6.07) is 0. The minimum atomic E-state index is -0.440. The Morgan fingerprint density at radius 3 is 2.86 bits per heavy atom. The van der Waals surface area contributed by atoms with Crippen LogP contribution in [0.1, 0.15) is 43.7 Å². The maximum Gasteiger partial charge on any atom is 0.341 e. The van der Waals surface area contributed by atoms with Gasteiger partial charge in [-0.15, -0.1) is 16.4 Å². The molecule has 0 radical (unpaired) electrons. The van der Waals surface area contributed by atoms with Gasteiger partial charge in [0.2, 0.25) is 5.82 Å². The molecule has 2 aromatic rings. The molecule has 2 heterocycles. The zero-order valence-electron chi connectivity index (χ0n) is 11.6. The maximum atomic E-state index is 12.1. The van der Waals surface area contributed by atoms with Crippen molar-refractivity contribution in [1.29, 1.82) is 0 Å². The lowest BCUT2D eigenvalue weighted by molar-refractivity contribution is 0.0601. The second-order valence-electron chi connectivity index (χ2n) is 4.75. The molecule has 7 nitrogen and oxygen atoms in total. The number of aromatic nitrogens is 3. The number of H-pyrrole nitrogens is 1. The summed E-state index contributed by atoms with van der Waals surface area (Å²) >= 11 is 1.42. The molecule has 0 aromatic carbocycles. The Morgan fingerprint density at radius 1 is 1.38 bits per heavy atom. The number of aromatic amines is 1. The molecular formula is C13H14N4O3S. The molecule has 0 unspecified atom stereocenters. The number of carbonyl (C=O) groups excluding carboxylic acids is 2. The first kappa shape index (κ1) is 13.7. The zero-order chi connectivity index (χ0) is 15.0. The highest BCUT2D eigenvalue weighted by molar-refractivity contribution is 7.17. The molecule has 0 atom stereocenters. The maximum absolute atomic E-state index is 12.1. The van der Waals surface area contributed by atoms with Crippen molar-refractivity contribution >= 4 is 28.2 Å². The number of anilines is 1. The molecule has 2 aromatic heterocycles. The molecule has 0 saturated carbocycles. The number of carbonyl (C=O) groups is 2. The van der Waals surface area contributed by atoms with Crippen LogP contribution < -0.4 is 5.32 Å². The monoisotopic (exact) mass is 306 g/mol. The number of hydrogen-bond donors (Lipinski definition) is 2. The molecule has 21 heavy (non-hydrogen) atoms. The predicted octanol–water partition coefficient (Wildman–Crippen LogP) is 1.70. The van der Waals surface area contributed by atoms with E-state index in [1.807, 2.05) is 0 Å². The standard InChI is InChI=1S/C13H14N4O3S/c1-6-14-10(17-16-6)11(18)15-12-9(13(19)20-2)7-4-3-5-8(7)21-12/h3-5H2,1-2H3,(H,15,18)(H,14,16,17). The number of ether oxygens (including phenoxy) is 1. The average Bonchev–Trinajstić information content (AvgIpc) is 3.13. The van der Waals surface area contributed by atoms with Crippen LogP contribution >= 0.6 is 11.3 Å². The van der Waals surface area contributed by atoms with Crippen LogP contribution in [-0.4, -0.2) is 34.2 Å². The van der Waals surface area contributed by atoms with Gasteiger partial charge in [0, 0.05) is 4.88 Å². The third-order valence-corrected chi connectivity index (χ3v) is 4.55. The van der Waals surface area contributed by atoms with Crippen LogP contribution in [0.5, 0.6) is 0 Å². The Labute approximate surface area is 124 Å². The van der Waals surface area contributed by atoms with E-state index in [-0.39, 0.29) is 5.82 Å². The van der Waals surface area contributed by atoms with E-state index in [0.717, 1.165) is 29.7 Å². The van der Waals surface area contributed by atoms with Gasteiger partial charge in [-0.05, 0) is 31.7 Å². The SMILES string of the molecule is COC(=O)c1c(NC(=O)c2n[nH]c(C)n2)sc2c1CCC2. The van der Waals surface area contributed by atoms with Crippen molar-refractivity contribution < 1.29 is 14.3 Å². The molecule has 1 amide bonds. The molecule has 8 heteroatoms. The number of aryl methyl sites for hydroxylation is 2. The van der Waals surface area contributed by atoms with Gasteiger partial charge in [-0.3, -0.25) is 9.89 Å². The van der Waals surface area contributed by atoms with Crippen molar-refractivity contribution in [2.45, 2.75) is 26.2 Å². The summed E-state index contributed by atoms with van der Waals surface area (Å²) in [7, 11) is 1.34. The van der Waals surface area contributed by atoms with Crippen molar-refractivity contribution in [3.63, 3.8) is 0 Å². The van der Waals surface area contributed by atoms with Crippen LogP contribution in [0.15, 0.2) is 0 Å². The van der Waals surface area contributed by atoms with Crippen molar-refractivity contribution in [3.8, 4) is 0 Å². The average molecular weight is 306 g/mol. The Bertz CT molecular complexity index is 719. The molecule has 110 valence electrons. The van der Waals surface area contributed by atoms with Crippen molar-refractivity contribution in [2.24, 2.45) is 0 Å². The van der Waals surface area contributed by atoms with Gasteiger partial charge in [-0.2, -0.15) is 0 Å². The van der Waals surface area contributed by atoms with Gasteiger partial charge in [-0.25, -0.2) is 9.78 Å². The summed E-state index contributed by atoms with van der Waals surface area (Å²) in [6.45, 7) is 1.71. The van der Waals surface area contributed by atoms with Crippen molar-refractivity contribution in [2.75, 3.05) is 12.4 Å². The number of fused-ring (bicyclic) bond motifs is 1. The first-order chi connectivity index (χ1) is 10.1. The van der Waals surface area contributed by atoms with Gasteiger partial charge in [0.25, 0.3) is 5.91 Å². The van der Waals surface area contributed by atoms with E-state index in [1.54, 1.807) is 6.92 Å². The fraction of sp³-hybridized carbons (Fsp3) is 0.385. The number of esters is 1. The lowest BCUT2D eigenvalue weighted by atomic mass is 10.1. The molecule has 0 saturated heterocycles. The van der Waals surface area contributed by atoms with E-state index in [1.165, 1.54) is 18.4 Å². The molecule has 0 bridgehead atoms. The summed E-state index contributed by atoms with van der Waals surface area (Å²) in [6.07, 6.45) is 2.80. The lowest BCUT2D eigenvalue weighted by Gasteiger charge is -2.05. The van der Waals surface area contributed by atoms with E-state index in [9.17, 15) is 9.59 Å². The third-order valence-electron chi connectivity index (χ3n) is 3.34. The minimum Gasteiger partial charge on any atom is -0.465 e. The lowest BCUT2D eigenvalue weighted by Crippen LogP contribution is -2.16. The van der Waals surface area contributed by atoms with Gasteiger partial charge in [0.15, 0.2) is 0 Å².